The minimum atomic E-state index is 0.00140. The minimum Gasteiger partial charge on any atom is -0.497 e. The molecule has 24 heavy (non-hydrogen) atoms. The molecule has 0 saturated carbocycles. The van der Waals surface area contributed by atoms with Gasteiger partial charge in [-0.2, -0.15) is 0 Å². The Kier molecular flexibility index (Phi) is 5.79. The Bertz CT molecular complexity index is 683. The molecule has 5 nitrogen and oxygen atoms in total. The summed E-state index contributed by atoms with van der Waals surface area (Å²) in [4.78, 5) is 20.6. The number of nitrogens with zero attached hydrogens (tertiary/aromatic N) is 3. The van der Waals surface area contributed by atoms with E-state index in [1.54, 1.807) is 24.3 Å². The first-order valence-electron chi connectivity index (χ1n) is 7.96. The first kappa shape index (κ1) is 17.8. The predicted octanol–water partition coefficient (Wildman–Crippen LogP) is 2.86. The van der Waals surface area contributed by atoms with Crippen LogP contribution in [0.3, 0.4) is 0 Å². The molecule has 1 amide bonds. The quantitative estimate of drug-likeness (QED) is 0.818. The van der Waals surface area contributed by atoms with Gasteiger partial charge in [0.2, 0.25) is 0 Å². The molecule has 0 aliphatic carbocycles. The fraction of sp³-hybridized carbons (Fsp3) is 0.368. The van der Waals surface area contributed by atoms with Gasteiger partial charge < -0.3 is 14.5 Å². The number of benzene rings is 1. The van der Waals surface area contributed by atoms with Crippen molar-refractivity contribution in [2.45, 2.75) is 19.4 Å². The van der Waals surface area contributed by atoms with Crippen LogP contribution < -0.4 is 9.64 Å². The molecule has 2 aromatic rings. The van der Waals surface area contributed by atoms with Crippen LogP contribution in [0.4, 0.5) is 5.82 Å². The second kappa shape index (κ2) is 7.81. The third-order valence-corrected chi connectivity index (χ3v) is 4.12. The molecule has 2 rings (SSSR count). The first-order valence-corrected chi connectivity index (χ1v) is 7.96. The van der Waals surface area contributed by atoms with Crippen molar-refractivity contribution in [1.82, 2.24) is 9.88 Å². The lowest BCUT2D eigenvalue weighted by Gasteiger charge is -2.25. The molecule has 0 aliphatic heterocycles. The topological polar surface area (TPSA) is 45.7 Å². The van der Waals surface area contributed by atoms with Crippen LogP contribution in [0.2, 0.25) is 0 Å². The molecule has 1 aromatic carbocycles. The number of methoxy groups -OCH3 is 1. The van der Waals surface area contributed by atoms with Gasteiger partial charge in [0.25, 0.3) is 5.91 Å². The van der Waals surface area contributed by atoms with E-state index >= 15 is 0 Å². The van der Waals surface area contributed by atoms with Crippen molar-refractivity contribution in [2.75, 3.05) is 33.2 Å². The van der Waals surface area contributed by atoms with Gasteiger partial charge in [-0.25, -0.2) is 4.98 Å². The maximum absolute atomic E-state index is 12.7. The largest absolute Gasteiger partial charge is 0.497 e. The number of likely N-dealkylation sites (N-methyl/N-ethyl adjacent to an activating group) is 1. The lowest BCUT2D eigenvalue weighted by atomic mass is 10.1. The maximum atomic E-state index is 12.7. The maximum Gasteiger partial charge on any atom is 0.254 e. The van der Waals surface area contributed by atoms with E-state index in [0.29, 0.717) is 5.56 Å². The van der Waals surface area contributed by atoms with Gasteiger partial charge in [-0.3, -0.25) is 4.79 Å². The molecule has 5 heteroatoms. The number of ether oxygens (including phenoxy) is 1. The summed E-state index contributed by atoms with van der Waals surface area (Å²) >= 11 is 0. The highest BCUT2D eigenvalue weighted by Crippen LogP contribution is 2.16. The monoisotopic (exact) mass is 327 g/mol. The number of carbonyl (C=O) groups is 1. The van der Waals surface area contributed by atoms with E-state index in [9.17, 15) is 4.79 Å². The number of rotatable bonds is 6. The molecule has 1 aromatic heterocycles. The van der Waals surface area contributed by atoms with Crippen LogP contribution in [-0.4, -0.2) is 50.1 Å². The highest BCUT2D eigenvalue weighted by molar-refractivity contribution is 5.94. The SMILES string of the molecule is COc1ccc(C[C@@H](C)N(C)C(=O)c2ccnc(N(C)C)c2)cc1. The van der Waals surface area contributed by atoms with Gasteiger partial charge in [0.15, 0.2) is 0 Å². The molecule has 1 heterocycles. The van der Waals surface area contributed by atoms with E-state index in [1.807, 2.05) is 56.4 Å². The molecule has 0 spiro atoms. The fourth-order valence-corrected chi connectivity index (χ4v) is 2.44. The van der Waals surface area contributed by atoms with E-state index in [1.165, 1.54) is 5.56 Å². The smallest absolute Gasteiger partial charge is 0.254 e. The Hall–Kier alpha value is -2.56. The Morgan fingerprint density at radius 3 is 2.42 bits per heavy atom. The molecule has 0 bridgehead atoms. The van der Waals surface area contributed by atoms with Gasteiger partial charge in [-0.15, -0.1) is 0 Å². The molecule has 128 valence electrons. The Balaban J connectivity index is 2.07. The predicted molar refractivity (Wildman–Crippen MR) is 96.8 cm³/mol. The summed E-state index contributed by atoms with van der Waals surface area (Å²) in [6.07, 6.45) is 2.46. The standard InChI is InChI=1S/C19H25N3O2/c1-14(12-15-6-8-17(24-5)9-7-15)22(4)19(23)16-10-11-20-18(13-16)21(2)3/h6-11,13-14H,12H2,1-5H3/t14-/m1/s1. The lowest BCUT2D eigenvalue weighted by Crippen LogP contribution is -2.36. The molecule has 0 saturated heterocycles. The molecule has 1 atom stereocenters. The average Bonchev–Trinajstić information content (AvgIpc) is 2.61. The summed E-state index contributed by atoms with van der Waals surface area (Å²) in [6.45, 7) is 2.05. The van der Waals surface area contributed by atoms with Crippen molar-refractivity contribution in [1.29, 1.82) is 0 Å². The average molecular weight is 327 g/mol. The van der Waals surface area contributed by atoms with Crippen molar-refractivity contribution in [3.63, 3.8) is 0 Å². The van der Waals surface area contributed by atoms with Crippen LogP contribution in [0.5, 0.6) is 5.75 Å². The van der Waals surface area contributed by atoms with Crippen molar-refractivity contribution in [3.05, 3.63) is 53.7 Å². The normalized spacial score (nSPS) is 11.7. The Morgan fingerprint density at radius 1 is 1.17 bits per heavy atom. The number of anilines is 1. The third kappa shape index (κ3) is 4.25. The molecule has 0 N–H and O–H groups in total. The summed E-state index contributed by atoms with van der Waals surface area (Å²) in [6, 6.07) is 11.6. The molecule has 0 radical (unpaired) electrons. The van der Waals surface area contributed by atoms with Gasteiger partial charge in [-0.1, -0.05) is 12.1 Å². The highest BCUT2D eigenvalue weighted by Gasteiger charge is 2.18. The zero-order valence-electron chi connectivity index (χ0n) is 15.0. The van der Waals surface area contributed by atoms with Gasteiger partial charge in [-0.05, 0) is 43.2 Å². The molecule has 0 fully saturated rings. The van der Waals surface area contributed by atoms with Crippen LogP contribution in [0.15, 0.2) is 42.6 Å². The van der Waals surface area contributed by atoms with E-state index in [4.69, 9.17) is 4.74 Å². The number of hydrogen-bond donors (Lipinski definition) is 0. The van der Waals surface area contributed by atoms with Gasteiger partial charge in [0, 0.05) is 38.9 Å². The van der Waals surface area contributed by atoms with Gasteiger partial charge >= 0.3 is 0 Å². The van der Waals surface area contributed by atoms with Crippen molar-refractivity contribution < 1.29 is 9.53 Å². The van der Waals surface area contributed by atoms with Crippen LogP contribution in [0, 0.1) is 0 Å². The summed E-state index contributed by atoms with van der Waals surface area (Å²) in [5.41, 5.74) is 1.82. The zero-order valence-corrected chi connectivity index (χ0v) is 15.0. The van der Waals surface area contributed by atoms with E-state index in [0.717, 1.165) is 18.0 Å². The number of pyridine rings is 1. The summed E-state index contributed by atoms with van der Waals surface area (Å²) in [5, 5.41) is 0. The molecule has 0 aliphatic rings. The number of amides is 1. The van der Waals surface area contributed by atoms with Crippen LogP contribution in [0.1, 0.15) is 22.8 Å². The number of aromatic nitrogens is 1. The van der Waals surface area contributed by atoms with E-state index in [-0.39, 0.29) is 11.9 Å². The first-order chi connectivity index (χ1) is 11.4. The van der Waals surface area contributed by atoms with Crippen LogP contribution >= 0.6 is 0 Å². The third-order valence-electron chi connectivity index (χ3n) is 4.12. The van der Waals surface area contributed by atoms with Crippen LogP contribution in [-0.2, 0) is 6.42 Å². The van der Waals surface area contributed by atoms with E-state index < -0.39 is 0 Å². The molecular weight excluding hydrogens is 302 g/mol. The van der Waals surface area contributed by atoms with Crippen LogP contribution in [0.25, 0.3) is 0 Å². The fourth-order valence-electron chi connectivity index (χ4n) is 2.44. The van der Waals surface area contributed by atoms with Crippen molar-refractivity contribution in [2.24, 2.45) is 0 Å². The second-order valence-electron chi connectivity index (χ2n) is 6.11. The van der Waals surface area contributed by atoms with Gasteiger partial charge in [0.05, 0.1) is 7.11 Å². The van der Waals surface area contributed by atoms with Crippen molar-refractivity contribution in [3.8, 4) is 5.75 Å². The second-order valence-corrected chi connectivity index (χ2v) is 6.11. The van der Waals surface area contributed by atoms with Crippen molar-refractivity contribution >= 4 is 11.7 Å². The molecular formula is C19H25N3O2. The highest BCUT2D eigenvalue weighted by atomic mass is 16.5. The van der Waals surface area contributed by atoms with E-state index in [2.05, 4.69) is 11.9 Å². The summed E-state index contributed by atoms with van der Waals surface area (Å²) < 4.78 is 5.17. The van der Waals surface area contributed by atoms with Gasteiger partial charge in [0.1, 0.15) is 11.6 Å². The minimum absolute atomic E-state index is 0.00140. The Morgan fingerprint density at radius 2 is 1.83 bits per heavy atom. The molecule has 0 unspecified atom stereocenters. The Labute approximate surface area is 143 Å². The summed E-state index contributed by atoms with van der Waals surface area (Å²) in [7, 11) is 7.31. The number of carbonyl (C=O) groups excluding carboxylic acids is 1. The zero-order chi connectivity index (χ0) is 17.7. The summed E-state index contributed by atoms with van der Waals surface area (Å²) in [5.74, 6) is 1.61. The lowest BCUT2D eigenvalue weighted by molar-refractivity contribution is 0.0743. The number of hydrogen-bond acceptors (Lipinski definition) is 4.